The van der Waals surface area contributed by atoms with E-state index in [-0.39, 0.29) is 11.8 Å². The molecule has 0 aliphatic carbocycles. The van der Waals surface area contributed by atoms with Crippen LogP contribution in [0.4, 0.5) is 0 Å². The number of nitrogens with one attached hydrogen (secondary N) is 2. The number of hydrogen-bond donors (Lipinski definition) is 2. The molecule has 0 spiro atoms. The van der Waals surface area contributed by atoms with Crippen molar-refractivity contribution >= 4 is 10.0 Å². The second kappa shape index (κ2) is 7.47. The average molecular weight is 286 g/mol. The van der Waals surface area contributed by atoms with Crippen LogP contribution in [0.25, 0.3) is 0 Å². The van der Waals surface area contributed by atoms with Gasteiger partial charge in [0, 0.05) is 19.1 Å². The first kappa shape index (κ1) is 15.9. The number of hydrogen-bond acceptors (Lipinski definition) is 4. The lowest BCUT2D eigenvalue weighted by Crippen LogP contribution is -2.32. The van der Waals surface area contributed by atoms with E-state index in [2.05, 4.69) is 10.0 Å². The Labute approximate surface area is 115 Å². The Bertz CT molecular complexity index is 488. The van der Waals surface area contributed by atoms with E-state index in [4.69, 9.17) is 4.74 Å². The molecule has 0 aromatic heterocycles. The molecule has 1 unspecified atom stereocenters. The SMILES string of the molecule is CCNS(=O)(=O)CCNC(C)c1cccc(OC)c1. The molecule has 1 atom stereocenters. The highest BCUT2D eigenvalue weighted by atomic mass is 32.2. The fourth-order valence-corrected chi connectivity index (χ4v) is 2.70. The summed E-state index contributed by atoms with van der Waals surface area (Å²) < 4.78 is 30.6. The number of benzene rings is 1. The van der Waals surface area contributed by atoms with E-state index in [9.17, 15) is 8.42 Å². The Morgan fingerprint density at radius 3 is 2.74 bits per heavy atom. The van der Waals surface area contributed by atoms with Crippen molar-refractivity contribution in [2.45, 2.75) is 19.9 Å². The molecule has 19 heavy (non-hydrogen) atoms. The predicted octanol–water partition coefficient (Wildman–Crippen LogP) is 1.29. The zero-order valence-corrected chi connectivity index (χ0v) is 12.5. The van der Waals surface area contributed by atoms with Gasteiger partial charge in [-0.15, -0.1) is 0 Å². The molecule has 1 aromatic rings. The Kier molecular flexibility index (Phi) is 6.27. The van der Waals surface area contributed by atoms with Gasteiger partial charge in [-0.05, 0) is 24.6 Å². The maximum Gasteiger partial charge on any atom is 0.212 e. The van der Waals surface area contributed by atoms with Crippen LogP contribution >= 0.6 is 0 Å². The van der Waals surface area contributed by atoms with E-state index in [1.807, 2.05) is 31.2 Å². The van der Waals surface area contributed by atoms with Gasteiger partial charge in [-0.1, -0.05) is 19.1 Å². The Morgan fingerprint density at radius 2 is 2.11 bits per heavy atom. The Hall–Kier alpha value is -1.11. The number of methoxy groups -OCH3 is 1. The van der Waals surface area contributed by atoms with Crippen molar-refractivity contribution in [2.75, 3.05) is 26.0 Å². The van der Waals surface area contributed by atoms with E-state index in [1.165, 1.54) is 0 Å². The number of ether oxygens (including phenoxy) is 1. The first-order valence-electron chi connectivity index (χ1n) is 6.33. The molecule has 1 rings (SSSR count). The van der Waals surface area contributed by atoms with Gasteiger partial charge in [0.15, 0.2) is 0 Å². The first-order chi connectivity index (χ1) is 8.98. The molecule has 0 bridgehead atoms. The van der Waals surface area contributed by atoms with Crippen molar-refractivity contribution in [2.24, 2.45) is 0 Å². The molecular weight excluding hydrogens is 264 g/mol. The van der Waals surface area contributed by atoms with Gasteiger partial charge in [0.1, 0.15) is 5.75 Å². The summed E-state index contributed by atoms with van der Waals surface area (Å²) in [6.07, 6.45) is 0. The Morgan fingerprint density at radius 1 is 1.37 bits per heavy atom. The number of sulfonamides is 1. The fraction of sp³-hybridized carbons (Fsp3) is 0.538. The van der Waals surface area contributed by atoms with E-state index >= 15 is 0 Å². The third kappa shape index (κ3) is 5.59. The van der Waals surface area contributed by atoms with Crippen LogP contribution in [0.2, 0.25) is 0 Å². The molecule has 0 heterocycles. The minimum atomic E-state index is -3.16. The third-order valence-corrected chi connectivity index (χ3v) is 4.25. The molecule has 6 heteroatoms. The highest BCUT2D eigenvalue weighted by Crippen LogP contribution is 2.18. The van der Waals surface area contributed by atoms with Crippen molar-refractivity contribution in [3.05, 3.63) is 29.8 Å². The highest BCUT2D eigenvalue weighted by molar-refractivity contribution is 7.89. The summed E-state index contributed by atoms with van der Waals surface area (Å²) in [5, 5.41) is 3.19. The van der Waals surface area contributed by atoms with Gasteiger partial charge >= 0.3 is 0 Å². The maximum atomic E-state index is 11.5. The average Bonchev–Trinajstić information content (AvgIpc) is 2.38. The molecule has 108 valence electrons. The standard InChI is InChI=1S/C13H22N2O3S/c1-4-15-19(16,17)9-8-14-11(2)12-6-5-7-13(10-12)18-3/h5-7,10-11,14-15H,4,8-9H2,1-3H3. The highest BCUT2D eigenvalue weighted by Gasteiger charge is 2.10. The van der Waals surface area contributed by atoms with Gasteiger partial charge in [0.05, 0.1) is 12.9 Å². The van der Waals surface area contributed by atoms with Crippen LogP contribution in [-0.2, 0) is 10.0 Å². The number of rotatable bonds is 8. The van der Waals surface area contributed by atoms with Crippen molar-refractivity contribution in [3.63, 3.8) is 0 Å². The minimum absolute atomic E-state index is 0.0759. The predicted molar refractivity (Wildman–Crippen MR) is 76.9 cm³/mol. The maximum absolute atomic E-state index is 11.5. The van der Waals surface area contributed by atoms with Crippen LogP contribution in [0.15, 0.2) is 24.3 Å². The molecule has 0 radical (unpaired) electrons. The van der Waals surface area contributed by atoms with Crippen LogP contribution in [0.1, 0.15) is 25.5 Å². The monoisotopic (exact) mass is 286 g/mol. The van der Waals surface area contributed by atoms with Gasteiger partial charge in [-0.3, -0.25) is 0 Å². The fourth-order valence-electron chi connectivity index (χ4n) is 1.73. The van der Waals surface area contributed by atoms with Crippen LogP contribution in [-0.4, -0.2) is 34.4 Å². The van der Waals surface area contributed by atoms with Gasteiger partial charge < -0.3 is 10.1 Å². The van der Waals surface area contributed by atoms with Crippen LogP contribution < -0.4 is 14.8 Å². The quantitative estimate of drug-likeness (QED) is 0.755. The third-order valence-electron chi connectivity index (χ3n) is 2.78. The summed E-state index contributed by atoms with van der Waals surface area (Å²) in [4.78, 5) is 0. The first-order valence-corrected chi connectivity index (χ1v) is 7.98. The topological polar surface area (TPSA) is 67.4 Å². The molecule has 5 nitrogen and oxygen atoms in total. The molecular formula is C13H22N2O3S. The summed E-state index contributed by atoms with van der Waals surface area (Å²) in [6, 6.07) is 7.80. The van der Waals surface area contributed by atoms with E-state index in [0.29, 0.717) is 13.1 Å². The van der Waals surface area contributed by atoms with Crippen LogP contribution in [0.3, 0.4) is 0 Å². The van der Waals surface area contributed by atoms with Crippen molar-refractivity contribution in [1.29, 1.82) is 0 Å². The molecule has 0 amide bonds. The second-order valence-corrected chi connectivity index (χ2v) is 6.20. The van der Waals surface area contributed by atoms with Crippen LogP contribution in [0.5, 0.6) is 5.75 Å². The molecule has 0 aliphatic heterocycles. The zero-order chi connectivity index (χ0) is 14.3. The summed E-state index contributed by atoms with van der Waals surface area (Å²) >= 11 is 0. The molecule has 1 aromatic carbocycles. The molecule has 0 aliphatic rings. The van der Waals surface area contributed by atoms with Crippen LogP contribution in [0, 0.1) is 0 Å². The zero-order valence-electron chi connectivity index (χ0n) is 11.6. The minimum Gasteiger partial charge on any atom is -0.497 e. The summed E-state index contributed by atoms with van der Waals surface area (Å²) in [5.74, 6) is 0.876. The largest absolute Gasteiger partial charge is 0.497 e. The second-order valence-electron chi connectivity index (χ2n) is 4.27. The normalized spacial score (nSPS) is 13.2. The molecule has 0 saturated carbocycles. The molecule has 0 fully saturated rings. The van der Waals surface area contributed by atoms with Gasteiger partial charge in [-0.2, -0.15) is 0 Å². The summed E-state index contributed by atoms with van der Waals surface area (Å²) in [7, 11) is -1.53. The van der Waals surface area contributed by atoms with E-state index in [0.717, 1.165) is 11.3 Å². The lowest BCUT2D eigenvalue weighted by atomic mass is 10.1. The molecule has 0 saturated heterocycles. The van der Waals surface area contributed by atoms with Crippen molar-refractivity contribution in [1.82, 2.24) is 10.0 Å². The smallest absolute Gasteiger partial charge is 0.212 e. The lowest BCUT2D eigenvalue weighted by molar-refractivity contribution is 0.413. The van der Waals surface area contributed by atoms with Crippen molar-refractivity contribution < 1.29 is 13.2 Å². The molecule has 2 N–H and O–H groups in total. The van der Waals surface area contributed by atoms with Gasteiger partial charge in [-0.25, -0.2) is 13.1 Å². The van der Waals surface area contributed by atoms with E-state index < -0.39 is 10.0 Å². The Balaban J connectivity index is 2.49. The lowest BCUT2D eigenvalue weighted by Gasteiger charge is -2.15. The summed E-state index contributed by atoms with van der Waals surface area (Å²) in [6.45, 7) is 4.60. The van der Waals surface area contributed by atoms with Crippen molar-refractivity contribution in [3.8, 4) is 5.75 Å². The summed E-state index contributed by atoms with van der Waals surface area (Å²) in [5.41, 5.74) is 1.07. The van der Waals surface area contributed by atoms with Gasteiger partial charge in [0.25, 0.3) is 0 Å². The van der Waals surface area contributed by atoms with Gasteiger partial charge in [0.2, 0.25) is 10.0 Å². The van der Waals surface area contributed by atoms with E-state index in [1.54, 1.807) is 14.0 Å².